The molecular formula is C21H24N6O. The molecule has 144 valence electrons. The molecule has 1 aliphatic carbocycles. The summed E-state index contributed by atoms with van der Waals surface area (Å²) in [5.41, 5.74) is 2.09. The molecule has 1 N–H and O–H groups in total. The Bertz CT molecular complexity index is 1020. The molecule has 0 radical (unpaired) electrons. The molecule has 0 spiro atoms. The third-order valence-corrected chi connectivity index (χ3v) is 6.23. The van der Waals surface area contributed by atoms with Gasteiger partial charge in [-0.15, -0.1) is 0 Å². The van der Waals surface area contributed by atoms with Gasteiger partial charge < -0.3 is 9.73 Å². The number of furan rings is 1. The Morgan fingerprint density at radius 3 is 2.79 bits per heavy atom. The van der Waals surface area contributed by atoms with Gasteiger partial charge in [-0.3, -0.25) is 14.4 Å². The minimum absolute atomic E-state index is 0.145. The zero-order chi connectivity index (χ0) is 18.5. The number of rotatable bonds is 2. The van der Waals surface area contributed by atoms with Crippen molar-refractivity contribution in [2.75, 3.05) is 18.2 Å². The molecule has 1 saturated carbocycles. The molecule has 0 bridgehead atoms. The van der Waals surface area contributed by atoms with Crippen LogP contribution in [-0.2, 0) is 0 Å². The monoisotopic (exact) mass is 376 g/mol. The SMILES string of the molecule is c1coc(C2NC3=NCN(C4CCCCC4)CN3c3nc4ccccc4n32)c1. The van der Waals surface area contributed by atoms with Gasteiger partial charge in [-0.25, -0.2) is 9.98 Å². The van der Waals surface area contributed by atoms with E-state index in [1.807, 2.05) is 18.2 Å². The molecule has 7 heteroatoms. The number of hydrogen-bond donors (Lipinski definition) is 1. The number of fused-ring (bicyclic) bond motifs is 5. The zero-order valence-electron chi connectivity index (χ0n) is 15.8. The number of benzene rings is 1. The summed E-state index contributed by atoms with van der Waals surface area (Å²) in [6.07, 6.45) is 8.15. The summed E-state index contributed by atoms with van der Waals surface area (Å²) >= 11 is 0. The van der Waals surface area contributed by atoms with Crippen molar-refractivity contribution >= 4 is 22.9 Å². The Kier molecular flexibility index (Phi) is 3.68. The van der Waals surface area contributed by atoms with Gasteiger partial charge in [-0.05, 0) is 37.1 Å². The quantitative estimate of drug-likeness (QED) is 0.742. The first kappa shape index (κ1) is 16.2. The highest BCUT2D eigenvalue weighted by Gasteiger charge is 2.38. The number of anilines is 1. The lowest BCUT2D eigenvalue weighted by Gasteiger charge is -2.44. The van der Waals surface area contributed by atoms with Crippen LogP contribution in [0.25, 0.3) is 11.0 Å². The number of aliphatic imine (C=N–C) groups is 1. The van der Waals surface area contributed by atoms with Gasteiger partial charge in [0.2, 0.25) is 11.9 Å². The Morgan fingerprint density at radius 2 is 1.93 bits per heavy atom. The average molecular weight is 376 g/mol. The third kappa shape index (κ3) is 2.46. The van der Waals surface area contributed by atoms with Crippen LogP contribution in [0.1, 0.15) is 44.0 Å². The molecule has 6 rings (SSSR count). The van der Waals surface area contributed by atoms with E-state index in [-0.39, 0.29) is 6.17 Å². The molecule has 0 amide bonds. The van der Waals surface area contributed by atoms with Crippen LogP contribution in [0.5, 0.6) is 0 Å². The number of guanidine groups is 1. The first-order valence-electron chi connectivity index (χ1n) is 10.2. The first-order chi connectivity index (χ1) is 13.9. The minimum atomic E-state index is -0.145. The predicted octanol–water partition coefficient (Wildman–Crippen LogP) is 3.51. The van der Waals surface area contributed by atoms with E-state index in [1.165, 1.54) is 32.1 Å². The highest BCUT2D eigenvalue weighted by Crippen LogP contribution is 2.35. The van der Waals surface area contributed by atoms with Crippen molar-refractivity contribution in [3.63, 3.8) is 0 Å². The van der Waals surface area contributed by atoms with Gasteiger partial charge in [0.25, 0.3) is 0 Å². The highest BCUT2D eigenvalue weighted by atomic mass is 16.3. The van der Waals surface area contributed by atoms with E-state index in [1.54, 1.807) is 6.26 Å². The van der Waals surface area contributed by atoms with E-state index in [2.05, 4.69) is 37.9 Å². The van der Waals surface area contributed by atoms with Crippen molar-refractivity contribution in [3.8, 4) is 0 Å². The fraction of sp³-hybridized carbons (Fsp3) is 0.429. The summed E-state index contributed by atoms with van der Waals surface area (Å²) in [6.45, 7) is 1.57. The number of para-hydroxylation sites is 2. The Labute approximate surface area is 163 Å². The van der Waals surface area contributed by atoms with Crippen LogP contribution < -0.4 is 10.2 Å². The maximum atomic E-state index is 5.75. The van der Waals surface area contributed by atoms with E-state index in [0.29, 0.717) is 6.04 Å². The topological polar surface area (TPSA) is 61.8 Å². The lowest BCUT2D eigenvalue weighted by Crippen LogP contribution is -2.59. The summed E-state index contributed by atoms with van der Waals surface area (Å²) < 4.78 is 7.98. The van der Waals surface area contributed by atoms with Crippen LogP contribution in [0.15, 0.2) is 52.1 Å². The van der Waals surface area contributed by atoms with E-state index < -0.39 is 0 Å². The fourth-order valence-electron chi connectivity index (χ4n) is 4.80. The Hall–Kier alpha value is -2.80. The van der Waals surface area contributed by atoms with Crippen LogP contribution in [0, 0.1) is 0 Å². The average Bonchev–Trinajstić information content (AvgIpc) is 3.42. The van der Waals surface area contributed by atoms with Gasteiger partial charge in [0.05, 0.1) is 30.6 Å². The Balaban J connectivity index is 1.44. The van der Waals surface area contributed by atoms with Crippen LogP contribution >= 0.6 is 0 Å². The van der Waals surface area contributed by atoms with E-state index in [9.17, 15) is 0 Å². The molecule has 2 aromatic heterocycles. The summed E-state index contributed by atoms with van der Waals surface area (Å²) in [4.78, 5) is 14.6. The summed E-state index contributed by atoms with van der Waals surface area (Å²) in [5, 5.41) is 3.59. The molecule has 4 heterocycles. The van der Waals surface area contributed by atoms with E-state index in [4.69, 9.17) is 14.4 Å². The molecular weight excluding hydrogens is 352 g/mol. The van der Waals surface area contributed by atoms with Crippen LogP contribution in [0.3, 0.4) is 0 Å². The zero-order valence-corrected chi connectivity index (χ0v) is 15.8. The number of aromatic nitrogens is 2. The predicted molar refractivity (Wildman–Crippen MR) is 108 cm³/mol. The number of hydrogen-bond acceptors (Lipinski definition) is 6. The van der Waals surface area contributed by atoms with Gasteiger partial charge in [-0.2, -0.15) is 0 Å². The molecule has 2 aliphatic heterocycles. The van der Waals surface area contributed by atoms with Gasteiger partial charge in [0, 0.05) is 6.04 Å². The second-order valence-electron chi connectivity index (χ2n) is 7.91. The fourth-order valence-corrected chi connectivity index (χ4v) is 4.80. The van der Waals surface area contributed by atoms with Crippen molar-refractivity contribution in [2.24, 2.45) is 4.99 Å². The highest BCUT2D eigenvalue weighted by molar-refractivity contribution is 5.98. The van der Waals surface area contributed by atoms with Crippen molar-refractivity contribution in [2.45, 2.75) is 44.3 Å². The van der Waals surface area contributed by atoms with Gasteiger partial charge in [0.1, 0.15) is 5.76 Å². The lowest BCUT2D eigenvalue weighted by atomic mass is 9.94. The molecule has 28 heavy (non-hydrogen) atoms. The van der Waals surface area contributed by atoms with Crippen molar-refractivity contribution in [1.82, 2.24) is 19.8 Å². The third-order valence-electron chi connectivity index (χ3n) is 6.23. The van der Waals surface area contributed by atoms with E-state index >= 15 is 0 Å². The molecule has 1 unspecified atom stereocenters. The summed E-state index contributed by atoms with van der Waals surface area (Å²) in [6, 6.07) is 12.8. The summed E-state index contributed by atoms with van der Waals surface area (Å²) in [7, 11) is 0. The molecule has 7 nitrogen and oxygen atoms in total. The van der Waals surface area contributed by atoms with Gasteiger partial charge in [0.15, 0.2) is 6.17 Å². The maximum Gasteiger partial charge on any atom is 0.216 e. The van der Waals surface area contributed by atoms with Crippen molar-refractivity contribution in [1.29, 1.82) is 0 Å². The Morgan fingerprint density at radius 1 is 1.04 bits per heavy atom. The molecule has 1 aromatic carbocycles. The van der Waals surface area contributed by atoms with Gasteiger partial charge in [-0.1, -0.05) is 31.4 Å². The van der Waals surface area contributed by atoms with Crippen molar-refractivity contribution in [3.05, 3.63) is 48.4 Å². The van der Waals surface area contributed by atoms with Crippen molar-refractivity contribution < 1.29 is 4.42 Å². The first-order valence-corrected chi connectivity index (χ1v) is 10.2. The van der Waals surface area contributed by atoms with Crippen LogP contribution in [0.4, 0.5) is 5.95 Å². The molecule has 1 fully saturated rings. The number of nitrogens with zero attached hydrogens (tertiary/aromatic N) is 5. The molecule has 3 aromatic rings. The largest absolute Gasteiger partial charge is 0.465 e. The summed E-state index contributed by atoms with van der Waals surface area (Å²) in [5.74, 6) is 2.68. The van der Waals surface area contributed by atoms with Crippen LogP contribution in [-0.4, -0.2) is 39.8 Å². The minimum Gasteiger partial charge on any atom is -0.465 e. The maximum absolute atomic E-state index is 5.75. The number of imidazole rings is 1. The number of nitrogens with one attached hydrogen (secondary N) is 1. The second-order valence-corrected chi connectivity index (χ2v) is 7.91. The van der Waals surface area contributed by atoms with Gasteiger partial charge >= 0.3 is 0 Å². The lowest BCUT2D eigenvalue weighted by molar-refractivity contribution is 0.156. The molecule has 3 aliphatic rings. The molecule has 0 saturated heterocycles. The molecule has 1 atom stereocenters. The van der Waals surface area contributed by atoms with Crippen LogP contribution in [0.2, 0.25) is 0 Å². The second kappa shape index (κ2) is 6.38. The smallest absolute Gasteiger partial charge is 0.216 e. The normalized spacial score (nSPS) is 23.2. The standard InChI is InChI=1S/C21H24N6O/c1-2-7-15(8-3-1)25-13-22-20-24-19(18-11-6-12-28-18)27-17-10-5-4-9-16(17)23-21(27)26(20)14-25/h4-6,9-12,15,19H,1-3,7-8,13-14H2,(H,22,24). The van der Waals surface area contributed by atoms with E-state index in [0.717, 1.165) is 42.0 Å².